The average molecular weight is 684 g/mol. The summed E-state index contributed by atoms with van der Waals surface area (Å²) in [5.74, 6) is 0.441. The molecule has 0 aliphatic heterocycles. The number of nitrogens with zero attached hydrogens (tertiary/aromatic N) is 3. The Balaban J connectivity index is 0.00000500. The van der Waals surface area contributed by atoms with E-state index < -0.39 is 10.1 Å². The topological polar surface area (TPSA) is 117 Å². The second-order valence-corrected chi connectivity index (χ2v) is 13.5. The van der Waals surface area contributed by atoms with Gasteiger partial charge < -0.3 is 14.4 Å². The summed E-state index contributed by atoms with van der Waals surface area (Å²) >= 11 is 6.59. The molecule has 3 aromatic carbocycles. The van der Waals surface area contributed by atoms with E-state index in [4.69, 9.17) is 26.3 Å². The van der Waals surface area contributed by atoms with Crippen LogP contribution in [-0.2, 0) is 23.0 Å². The summed E-state index contributed by atoms with van der Waals surface area (Å²) in [6.45, 7) is 0.564. The maximum Gasteiger partial charge on any atom is 1.00 e. The number of imidazole rings is 1. The fraction of sp³-hybridized carbons (Fsp3) is 0.333. The normalized spacial score (nSPS) is 11.4. The second kappa shape index (κ2) is 18.0. The number of aromatic nitrogens is 3. The molecule has 2 heterocycles. The molecule has 0 saturated carbocycles. The predicted octanol–water partition coefficient (Wildman–Crippen LogP) is 4.99. The quantitative estimate of drug-likeness (QED) is 0.0835. The molecule has 0 radical (unpaired) electrons. The van der Waals surface area contributed by atoms with Crippen LogP contribution in [0.2, 0.25) is 5.02 Å². The first-order chi connectivity index (χ1) is 22.3. The SMILES string of the molecule is O=S(=O)([O-])CCCCCCCCCCOc1ccc(Cc2nc3c(Cc4ccccc4)nc(-c4ccccc4)cn3c2O)cc1Cl.[Na+]. The number of aromatic hydroxyl groups is 1. The second-order valence-electron chi connectivity index (χ2n) is 11.6. The summed E-state index contributed by atoms with van der Waals surface area (Å²) in [4.78, 5) is 9.81. The Kier molecular flexibility index (Phi) is 14.1. The standard InChI is InChI=1S/C36H40ClN3O5S.Na/c37-30-23-28(19-20-34(30)45-21-13-5-3-1-2-4-6-14-22-46(42,43)44)25-32-36(41)40-26-33(29-17-11-8-12-18-29)38-31(35(40)39-32)24-27-15-9-7-10-16-27;/h7-12,15-20,23,26,41H,1-6,13-14,21-22,24-25H2,(H,42,43,44);/q;+1/p-1. The summed E-state index contributed by atoms with van der Waals surface area (Å²) < 4.78 is 39.6. The van der Waals surface area contributed by atoms with Crippen molar-refractivity contribution >= 4 is 27.4 Å². The van der Waals surface area contributed by atoms with Gasteiger partial charge >= 0.3 is 29.6 Å². The van der Waals surface area contributed by atoms with Crippen molar-refractivity contribution < 1.29 is 52.4 Å². The van der Waals surface area contributed by atoms with Gasteiger partial charge in [-0.1, -0.05) is 117 Å². The molecule has 0 spiro atoms. The van der Waals surface area contributed by atoms with Crippen molar-refractivity contribution in [3.05, 3.63) is 113 Å². The molecule has 242 valence electrons. The number of rotatable bonds is 17. The Morgan fingerprint density at radius 3 is 2.04 bits per heavy atom. The van der Waals surface area contributed by atoms with E-state index in [1.165, 1.54) is 0 Å². The molecule has 0 saturated heterocycles. The summed E-state index contributed by atoms with van der Waals surface area (Å²) in [5.41, 5.74) is 5.68. The van der Waals surface area contributed by atoms with Crippen LogP contribution >= 0.6 is 11.6 Å². The predicted molar refractivity (Wildman–Crippen MR) is 181 cm³/mol. The molecule has 0 unspecified atom stereocenters. The van der Waals surface area contributed by atoms with E-state index in [0.717, 1.165) is 73.0 Å². The van der Waals surface area contributed by atoms with Gasteiger partial charge in [-0.2, -0.15) is 0 Å². The molecule has 0 fully saturated rings. The molecular weight excluding hydrogens is 645 g/mol. The molecule has 0 atom stereocenters. The molecular formula is C36H39ClN3NaO5S. The van der Waals surface area contributed by atoms with Crippen LogP contribution in [0.15, 0.2) is 85.1 Å². The molecule has 5 aromatic rings. The van der Waals surface area contributed by atoms with E-state index in [1.807, 2.05) is 72.9 Å². The Hall–Kier alpha value is -2.92. The fourth-order valence-corrected chi connectivity index (χ4v) is 6.32. The van der Waals surface area contributed by atoms with Gasteiger partial charge in [0.05, 0.1) is 33.1 Å². The van der Waals surface area contributed by atoms with Crippen molar-refractivity contribution in [2.45, 2.75) is 64.2 Å². The molecule has 11 heteroatoms. The van der Waals surface area contributed by atoms with Gasteiger partial charge in [0.2, 0.25) is 5.88 Å². The first-order valence-electron chi connectivity index (χ1n) is 15.8. The van der Waals surface area contributed by atoms with Gasteiger partial charge in [-0.3, -0.25) is 4.40 Å². The molecule has 2 aromatic heterocycles. The maximum absolute atomic E-state index is 11.3. The van der Waals surface area contributed by atoms with Crippen LogP contribution < -0.4 is 34.3 Å². The molecule has 0 amide bonds. The van der Waals surface area contributed by atoms with Crippen LogP contribution in [0.1, 0.15) is 73.9 Å². The van der Waals surface area contributed by atoms with E-state index in [0.29, 0.717) is 48.0 Å². The third-order valence-electron chi connectivity index (χ3n) is 7.92. The summed E-state index contributed by atoms with van der Waals surface area (Å²) in [5, 5.41) is 11.8. The van der Waals surface area contributed by atoms with Gasteiger partial charge in [0.25, 0.3) is 0 Å². The molecule has 8 nitrogen and oxygen atoms in total. The number of ether oxygens (including phenoxy) is 1. The van der Waals surface area contributed by atoms with Crippen molar-refractivity contribution in [2.24, 2.45) is 0 Å². The minimum Gasteiger partial charge on any atom is -0.748 e. The van der Waals surface area contributed by atoms with Gasteiger partial charge in [-0.15, -0.1) is 0 Å². The summed E-state index contributed by atoms with van der Waals surface area (Å²) in [7, 11) is -4.09. The average Bonchev–Trinajstić information content (AvgIpc) is 3.36. The Labute approximate surface area is 304 Å². The number of fused-ring (bicyclic) bond motifs is 1. The van der Waals surface area contributed by atoms with Crippen LogP contribution in [0.25, 0.3) is 16.9 Å². The minimum atomic E-state index is -4.09. The Bertz CT molecular complexity index is 1840. The van der Waals surface area contributed by atoms with Crippen molar-refractivity contribution in [3.8, 4) is 22.9 Å². The van der Waals surface area contributed by atoms with Gasteiger partial charge in [-0.05, 0) is 36.1 Å². The zero-order valence-electron chi connectivity index (χ0n) is 26.8. The van der Waals surface area contributed by atoms with Crippen molar-refractivity contribution in [3.63, 3.8) is 0 Å². The van der Waals surface area contributed by atoms with E-state index >= 15 is 0 Å². The smallest absolute Gasteiger partial charge is 0.748 e. The largest absolute Gasteiger partial charge is 1.00 e. The van der Waals surface area contributed by atoms with Crippen molar-refractivity contribution in [1.82, 2.24) is 14.4 Å². The number of halogens is 1. The van der Waals surface area contributed by atoms with Crippen LogP contribution in [0.3, 0.4) is 0 Å². The van der Waals surface area contributed by atoms with Crippen LogP contribution in [0.4, 0.5) is 0 Å². The fourth-order valence-electron chi connectivity index (χ4n) is 5.51. The van der Waals surface area contributed by atoms with E-state index in [-0.39, 0.29) is 41.2 Å². The molecule has 47 heavy (non-hydrogen) atoms. The molecule has 0 bridgehead atoms. The monoisotopic (exact) mass is 683 g/mol. The van der Waals surface area contributed by atoms with Gasteiger partial charge in [-0.25, -0.2) is 18.4 Å². The zero-order valence-corrected chi connectivity index (χ0v) is 30.3. The van der Waals surface area contributed by atoms with Gasteiger partial charge in [0, 0.05) is 30.4 Å². The first-order valence-corrected chi connectivity index (χ1v) is 17.8. The van der Waals surface area contributed by atoms with Gasteiger partial charge in [0.15, 0.2) is 5.65 Å². The third kappa shape index (κ3) is 11.1. The maximum atomic E-state index is 11.3. The summed E-state index contributed by atoms with van der Waals surface area (Å²) in [6.07, 6.45) is 10.1. The Morgan fingerprint density at radius 1 is 0.766 bits per heavy atom. The van der Waals surface area contributed by atoms with E-state index in [1.54, 1.807) is 4.40 Å². The van der Waals surface area contributed by atoms with E-state index in [2.05, 4.69) is 12.1 Å². The van der Waals surface area contributed by atoms with E-state index in [9.17, 15) is 18.1 Å². The number of hydrogen-bond acceptors (Lipinski definition) is 7. The third-order valence-corrected chi connectivity index (χ3v) is 9.00. The van der Waals surface area contributed by atoms with Gasteiger partial charge in [0.1, 0.15) is 11.4 Å². The van der Waals surface area contributed by atoms with Crippen LogP contribution in [0.5, 0.6) is 11.6 Å². The van der Waals surface area contributed by atoms with Crippen LogP contribution in [0, 0.1) is 0 Å². The summed E-state index contributed by atoms with van der Waals surface area (Å²) in [6, 6.07) is 25.7. The van der Waals surface area contributed by atoms with Crippen molar-refractivity contribution in [1.29, 1.82) is 0 Å². The first kappa shape index (κ1) is 36.9. The number of benzene rings is 3. The number of unbranched alkanes of at least 4 members (excludes halogenated alkanes) is 7. The molecule has 0 aliphatic rings. The zero-order chi connectivity index (χ0) is 32.4. The molecule has 5 rings (SSSR count). The molecule has 1 N–H and O–H groups in total. The van der Waals surface area contributed by atoms with Crippen molar-refractivity contribution in [2.75, 3.05) is 12.4 Å². The Morgan fingerprint density at radius 2 is 1.38 bits per heavy atom. The van der Waals surface area contributed by atoms with Crippen LogP contribution in [-0.4, -0.2) is 44.8 Å². The molecule has 0 aliphatic carbocycles. The number of hydrogen-bond donors (Lipinski definition) is 1. The minimum absolute atomic E-state index is 0.